The summed E-state index contributed by atoms with van der Waals surface area (Å²) in [6.07, 6.45) is -3.99. The molecule has 2 aromatic heterocycles. The topological polar surface area (TPSA) is 129 Å². The zero-order valence-electron chi connectivity index (χ0n) is 17.5. The summed E-state index contributed by atoms with van der Waals surface area (Å²) in [5.74, 6) is -1.63. The second-order valence-corrected chi connectivity index (χ2v) is 7.53. The lowest BCUT2D eigenvalue weighted by Crippen LogP contribution is -2.29. The fourth-order valence-electron chi connectivity index (χ4n) is 3.65. The van der Waals surface area contributed by atoms with Crippen molar-refractivity contribution >= 4 is 10.9 Å². The van der Waals surface area contributed by atoms with E-state index in [1.165, 1.54) is 12.1 Å². The van der Waals surface area contributed by atoms with Crippen molar-refractivity contribution in [1.82, 2.24) is 14.8 Å². The summed E-state index contributed by atoms with van der Waals surface area (Å²) in [6, 6.07) is -2.20. The van der Waals surface area contributed by atoms with Crippen LogP contribution in [0.25, 0.3) is 27.8 Å². The number of alkyl halides is 5. The third-order valence-corrected chi connectivity index (χ3v) is 5.14. The number of benzene rings is 2. The number of halogens is 6. The number of aromatic nitrogens is 3. The van der Waals surface area contributed by atoms with E-state index in [0.29, 0.717) is 22.9 Å². The molecule has 0 fully saturated rings. The molecule has 0 aliphatic heterocycles. The predicted molar refractivity (Wildman–Crippen MR) is 110 cm³/mol. The molecule has 2 aromatic carbocycles. The van der Waals surface area contributed by atoms with Crippen molar-refractivity contribution in [1.29, 1.82) is 0 Å². The van der Waals surface area contributed by atoms with Crippen LogP contribution in [0.1, 0.15) is 16.7 Å². The van der Waals surface area contributed by atoms with Gasteiger partial charge in [-0.15, -0.1) is 0 Å². The molecule has 4 rings (SSSR count). The zero-order chi connectivity index (χ0) is 26.6. The molecule has 4 N–H and O–H groups in total. The number of pyridine rings is 1. The van der Waals surface area contributed by atoms with Crippen LogP contribution in [0, 0.1) is 5.82 Å². The van der Waals surface area contributed by atoms with Crippen LogP contribution < -0.4 is 5.56 Å². The van der Waals surface area contributed by atoms with Gasteiger partial charge in [-0.25, -0.2) is 4.39 Å². The molecule has 36 heavy (non-hydrogen) atoms. The van der Waals surface area contributed by atoms with E-state index in [9.17, 15) is 51.6 Å². The molecule has 0 aliphatic carbocycles. The van der Waals surface area contributed by atoms with E-state index >= 15 is 0 Å². The molecule has 188 valence electrons. The first-order valence-corrected chi connectivity index (χ1v) is 9.77. The van der Waals surface area contributed by atoms with Gasteiger partial charge in [-0.05, 0) is 30.3 Å². The van der Waals surface area contributed by atoms with Gasteiger partial charge < -0.3 is 20.4 Å². The Morgan fingerprint density at radius 1 is 0.833 bits per heavy atom. The molecule has 2 heterocycles. The minimum atomic E-state index is -5.14. The summed E-state index contributed by atoms with van der Waals surface area (Å²) >= 11 is 0. The maximum atomic E-state index is 14.4. The SMILES string of the molecule is O=c1c2cccnc2c(-c2cccc(C(O)(O)F)c2C(O)(O)F)nn1-c1ccc(F)c(C(F)(F)F)c1. The molecule has 4 aromatic rings. The second-order valence-electron chi connectivity index (χ2n) is 7.53. The lowest BCUT2D eigenvalue weighted by molar-refractivity contribution is -0.290. The maximum Gasteiger partial charge on any atom is 0.419 e. The summed E-state index contributed by atoms with van der Waals surface area (Å²) in [7, 11) is 0. The van der Waals surface area contributed by atoms with Gasteiger partial charge in [0, 0.05) is 11.8 Å². The smallest absolute Gasteiger partial charge is 0.336 e. The van der Waals surface area contributed by atoms with Crippen LogP contribution in [0.4, 0.5) is 26.3 Å². The average molecular weight is 513 g/mol. The average Bonchev–Trinajstić information content (AvgIpc) is 2.78. The highest BCUT2D eigenvalue weighted by Gasteiger charge is 2.40. The van der Waals surface area contributed by atoms with Crippen molar-refractivity contribution in [2.45, 2.75) is 18.3 Å². The molecule has 8 nitrogen and oxygen atoms in total. The molecule has 0 saturated carbocycles. The molecule has 0 saturated heterocycles. The molecule has 0 amide bonds. The van der Waals surface area contributed by atoms with E-state index in [4.69, 9.17) is 0 Å². The van der Waals surface area contributed by atoms with Gasteiger partial charge in [0.1, 0.15) is 17.0 Å². The molecular weight excluding hydrogens is 500 g/mol. The van der Waals surface area contributed by atoms with Gasteiger partial charge in [0.2, 0.25) is 0 Å². The molecule has 0 bridgehead atoms. The van der Waals surface area contributed by atoms with E-state index in [0.717, 1.165) is 24.4 Å². The summed E-state index contributed by atoms with van der Waals surface area (Å²) in [6.45, 7) is 0. The quantitative estimate of drug-likeness (QED) is 0.244. The fraction of sp³-hybridized carbons (Fsp3) is 0.136. The molecule has 14 heteroatoms. The van der Waals surface area contributed by atoms with E-state index in [1.54, 1.807) is 0 Å². The standard InChI is InChI=1S/C22H13F6N3O5/c23-15-7-6-10(9-14(15)20(24,25)26)31-19(32)12-4-2-8-29-17(12)18(30-31)11-3-1-5-13(21(27,33)34)16(11)22(28,35)36/h1-9,33-36H. The number of aliphatic hydroxyl groups is 4. The van der Waals surface area contributed by atoms with Crippen molar-refractivity contribution in [3.63, 3.8) is 0 Å². The first-order valence-electron chi connectivity index (χ1n) is 9.77. The number of nitrogens with zero attached hydrogens (tertiary/aromatic N) is 3. The second kappa shape index (κ2) is 8.37. The Morgan fingerprint density at radius 2 is 1.53 bits per heavy atom. The Bertz CT molecular complexity index is 1540. The Labute approximate surface area is 195 Å². The molecule has 0 unspecified atom stereocenters. The lowest BCUT2D eigenvalue weighted by Gasteiger charge is -2.23. The van der Waals surface area contributed by atoms with Gasteiger partial charge in [0.15, 0.2) is 0 Å². The fourth-order valence-corrected chi connectivity index (χ4v) is 3.65. The van der Waals surface area contributed by atoms with Crippen LogP contribution in [0.2, 0.25) is 0 Å². The summed E-state index contributed by atoms with van der Waals surface area (Å²) in [5, 5.41) is 41.7. The molecular formula is C22H13F6N3O5. The van der Waals surface area contributed by atoms with Crippen molar-refractivity contribution in [2.24, 2.45) is 0 Å². The van der Waals surface area contributed by atoms with Crippen LogP contribution in [-0.4, -0.2) is 35.2 Å². The molecule has 0 radical (unpaired) electrons. The first kappa shape index (κ1) is 25.2. The van der Waals surface area contributed by atoms with E-state index < -0.39 is 63.3 Å². The number of fused-ring (bicyclic) bond motifs is 1. The van der Waals surface area contributed by atoms with E-state index in [1.807, 2.05) is 0 Å². The lowest BCUT2D eigenvalue weighted by atomic mass is 9.95. The Morgan fingerprint density at radius 3 is 2.14 bits per heavy atom. The van der Waals surface area contributed by atoms with Crippen LogP contribution >= 0.6 is 0 Å². The molecule has 0 atom stereocenters. The summed E-state index contributed by atoms with van der Waals surface area (Å²) in [4.78, 5) is 17.0. The number of hydrogen-bond donors (Lipinski definition) is 4. The van der Waals surface area contributed by atoms with Crippen LogP contribution in [-0.2, 0) is 18.3 Å². The van der Waals surface area contributed by atoms with E-state index in [-0.39, 0.29) is 10.9 Å². The van der Waals surface area contributed by atoms with Crippen LogP contribution in [0.5, 0.6) is 0 Å². The number of rotatable bonds is 4. The van der Waals surface area contributed by atoms with Gasteiger partial charge in [0.05, 0.1) is 27.8 Å². The van der Waals surface area contributed by atoms with E-state index in [2.05, 4.69) is 10.1 Å². The van der Waals surface area contributed by atoms with Gasteiger partial charge >= 0.3 is 18.3 Å². The van der Waals surface area contributed by atoms with Crippen LogP contribution in [0.15, 0.2) is 59.5 Å². The molecule has 0 spiro atoms. The minimum absolute atomic E-state index is 0.290. The Balaban J connectivity index is 2.13. The Kier molecular flexibility index (Phi) is 5.87. The van der Waals surface area contributed by atoms with Gasteiger partial charge in [0.25, 0.3) is 5.56 Å². The van der Waals surface area contributed by atoms with Crippen molar-refractivity contribution < 1.29 is 46.8 Å². The minimum Gasteiger partial charge on any atom is -0.336 e. The third-order valence-electron chi connectivity index (χ3n) is 5.14. The van der Waals surface area contributed by atoms with Crippen molar-refractivity contribution in [3.8, 4) is 16.9 Å². The normalized spacial score (nSPS) is 12.8. The van der Waals surface area contributed by atoms with Gasteiger partial charge in [-0.3, -0.25) is 9.78 Å². The summed E-state index contributed by atoms with van der Waals surface area (Å²) in [5.41, 5.74) is -7.75. The maximum absolute atomic E-state index is 14.4. The highest BCUT2D eigenvalue weighted by molar-refractivity contribution is 5.91. The zero-order valence-corrected chi connectivity index (χ0v) is 17.5. The van der Waals surface area contributed by atoms with Crippen LogP contribution in [0.3, 0.4) is 0 Å². The third kappa shape index (κ3) is 4.42. The Hall–Kier alpha value is -3.85. The highest BCUT2D eigenvalue weighted by atomic mass is 19.4. The van der Waals surface area contributed by atoms with Crippen molar-refractivity contribution in [2.75, 3.05) is 0 Å². The monoisotopic (exact) mass is 513 g/mol. The van der Waals surface area contributed by atoms with Crippen molar-refractivity contribution in [3.05, 3.63) is 87.6 Å². The summed E-state index contributed by atoms with van der Waals surface area (Å²) < 4.78 is 82.4. The highest BCUT2D eigenvalue weighted by Crippen LogP contribution is 2.39. The molecule has 0 aliphatic rings. The first-order chi connectivity index (χ1) is 16.6. The number of hydrogen-bond acceptors (Lipinski definition) is 7. The van der Waals surface area contributed by atoms with Gasteiger partial charge in [-0.1, -0.05) is 18.2 Å². The van der Waals surface area contributed by atoms with Gasteiger partial charge in [-0.2, -0.15) is 31.7 Å². The predicted octanol–water partition coefficient (Wildman–Crippen LogP) is 2.73. The largest absolute Gasteiger partial charge is 0.419 e.